The van der Waals surface area contributed by atoms with E-state index in [0.29, 0.717) is 11.3 Å². The van der Waals surface area contributed by atoms with E-state index in [4.69, 9.17) is 24.7 Å². The van der Waals surface area contributed by atoms with Crippen LogP contribution in [0, 0.1) is 0 Å². The fourth-order valence-electron chi connectivity index (χ4n) is 2.05. The Morgan fingerprint density at radius 1 is 1.23 bits per heavy atom. The van der Waals surface area contributed by atoms with Gasteiger partial charge < -0.3 is 29.8 Å². The van der Waals surface area contributed by atoms with Crippen LogP contribution in [0.15, 0.2) is 51.7 Å². The fraction of sp³-hybridized carbons (Fsp3) is 0.312. The summed E-state index contributed by atoms with van der Waals surface area (Å²) in [6.45, 7) is -0.248. The number of fused-ring (bicyclic) bond motifs is 1. The molecule has 0 bridgehead atoms. The van der Waals surface area contributed by atoms with Gasteiger partial charge in [-0.1, -0.05) is 12.2 Å². The first kappa shape index (κ1) is 20.3. The first-order valence-electron chi connectivity index (χ1n) is 7.70. The Morgan fingerprint density at radius 2 is 1.96 bits per heavy atom. The van der Waals surface area contributed by atoms with Crippen LogP contribution >= 0.6 is 7.82 Å². The normalized spacial score (nSPS) is 14.6. The van der Waals surface area contributed by atoms with Gasteiger partial charge in [0.25, 0.3) is 0 Å². The van der Waals surface area contributed by atoms with Crippen LogP contribution in [0.3, 0.4) is 0 Å². The van der Waals surface area contributed by atoms with E-state index >= 15 is 0 Å². The van der Waals surface area contributed by atoms with Crippen molar-refractivity contribution >= 4 is 18.8 Å². The molecule has 2 aromatic rings. The molecule has 0 saturated carbocycles. The first-order chi connectivity index (χ1) is 12.2. The average molecular weight is 385 g/mol. The van der Waals surface area contributed by atoms with E-state index in [1.54, 1.807) is 36.4 Å². The van der Waals surface area contributed by atoms with Crippen molar-refractivity contribution in [2.24, 2.45) is 5.73 Å². The number of aliphatic hydroxyl groups is 1. The third-order valence-electron chi connectivity index (χ3n) is 3.41. The molecule has 0 saturated heterocycles. The number of hydrogen-bond acceptors (Lipinski definition) is 7. The zero-order chi connectivity index (χ0) is 19.2. The van der Waals surface area contributed by atoms with Crippen molar-refractivity contribution in [3.05, 3.63) is 52.9 Å². The molecule has 2 rings (SSSR count). The van der Waals surface area contributed by atoms with E-state index in [2.05, 4.69) is 4.52 Å². The van der Waals surface area contributed by atoms with Crippen LogP contribution in [0.2, 0.25) is 0 Å². The number of rotatable bonds is 9. The van der Waals surface area contributed by atoms with Crippen molar-refractivity contribution in [3.63, 3.8) is 0 Å². The van der Waals surface area contributed by atoms with Crippen molar-refractivity contribution in [1.82, 2.24) is 0 Å². The van der Waals surface area contributed by atoms with Crippen LogP contribution in [-0.2, 0) is 9.09 Å². The van der Waals surface area contributed by atoms with Crippen LogP contribution < -0.4 is 16.1 Å². The lowest BCUT2D eigenvalue weighted by molar-refractivity contribution is 0.103. The summed E-state index contributed by atoms with van der Waals surface area (Å²) in [5.74, 6) is 0.517. The zero-order valence-electron chi connectivity index (χ0n) is 13.7. The lowest BCUT2D eigenvalue weighted by atomic mass is 10.1. The molecule has 0 spiro atoms. The largest absolute Gasteiger partial charge is 0.489 e. The molecule has 5 N–H and O–H groups in total. The highest BCUT2D eigenvalue weighted by Gasteiger charge is 2.20. The minimum atomic E-state index is -4.61. The van der Waals surface area contributed by atoms with Crippen molar-refractivity contribution in [3.8, 4) is 5.75 Å². The predicted molar refractivity (Wildman–Crippen MR) is 93.7 cm³/mol. The highest BCUT2D eigenvalue weighted by atomic mass is 31.2. The molecule has 1 aromatic heterocycles. The SMILES string of the molecule is N[C@@H](COP(=O)(O)O)[C@H](O)C/C=C/COc1ccc2ccc(=O)oc2c1. The number of aliphatic hydroxyl groups excluding tert-OH is 1. The standard InChI is InChI=1S/C16H20NO8P/c17-13(10-24-26(20,21)22)14(18)3-1-2-8-23-12-6-4-11-5-7-16(19)25-15(11)9-12/h1-2,4-7,9,13-14,18H,3,8,10,17H2,(H2,20,21,22)/b2-1+/t13-,14+/m0/s1. The summed E-state index contributed by atoms with van der Waals surface area (Å²) in [5.41, 5.74) is 5.56. The van der Waals surface area contributed by atoms with Crippen molar-refractivity contribution < 1.29 is 33.1 Å². The molecule has 142 valence electrons. The first-order valence-corrected chi connectivity index (χ1v) is 9.23. The Hall–Kier alpha value is -2.00. The molecule has 26 heavy (non-hydrogen) atoms. The summed E-state index contributed by atoms with van der Waals surface area (Å²) in [6, 6.07) is 7.17. The van der Waals surface area contributed by atoms with Crippen LogP contribution in [-0.4, -0.2) is 40.3 Å². The van der Waals surface area contributed by atoms with Crippen LogP contribution in [0.5, 0.6) is 5.75 Å². The Labute approximate surface area is 148 Å². The van der Waals surface area contributed by atoms with Gasteiger partial charge in [-0.15, -0.1) is 0 Å². The van der Waals surface area contributed by atoms with Gasteiger partial charge in [0.15, 0.2) is 0 Å². The van der Waals surface area contributed by atoms with Crippen molar-refractivity contribution in [2.75, 3.05) is 13.2 Å². The van der Waals surface area contributed by atoms with Gasteiger partial charge >= 0.3 is 13.4 Å². The molecule has 9 nitrogen and oxygen atoms in total. The molecule has 0 unspecified atom stereocenters. The Bertz CT molecular complexity index is 859. The van der Waals surface area contributed by atoms with E-state index < -0.39 is 32.2 Å². The summed E-state index contributed by atoms with van der Waals surface area (Å²) in [4.78, 5) is 28.4. The Kier molecular flexibility index (Phi) is 7.10. The monoisotopic (exact) mass is 385 g/mol. The van der Waals surface area contributed by atoms with E-state index in [0.717, 1.165) is 5.39 Å². The number of phosphoric ester groups is 1. The number of hydrogen-bond donors (Lipinski definition) is 4. The zero-order valence-corrected chi connectivity index (χ0v) is 14.6. The summed E-state index contributed by atoms with van der Waals surface area (Å²) in [7, 11) is -4.61. The van der Waals surface area contributed by atoms with Crippen molar-refractivity contribution in [2.45, 2.75) is 18.6 Å². The third-order valence-corrected chi connectivity index (χ3v) is 3.90. The second-order valence-electron chi connectivity index (χ2n) is 5.49. The molecular formula is C16H20NO8P. The second kappa shape index (κ2) is 9.09. The topological polar surface area (TPSA) is 152 Å². The Morgan fingerprint density at radius 3 is 2.69 bits per heavy atom. The molecular weight excluding hydrogens is 365 g/mol. The number of nitrogens with two attached hydrogens (primary N) is 1. The minimum Gasteiger partial charge on any atom is -0.489 e. The number of benzene rings is 1. The van der Waals surface area contributed by atoms with Crippen LogP contribution in [0.1, 0.15) is 6.42 Å². The average Bonchev–Trinajstić information content (AvgIpc) is 2.58. The number of ether oxygens (including phenoxy) is 1. The number of phosphoric acid groups is 1. The van der Waals surface area contributed by atoms with Crippen LogP contribution in [0.25, 0.3) is 11.0 Å². The lowest BCUT2D eigenvalue weighted by Gasteiger charge is -2.17. The molecule has 10 heteroatoms. The van der Waals surface area contributed by atoms with E-state index in [9.17, 15) is 14.5 Å². The van der Waals surface area contributed by atoms with Gasteiger partial charge in [-0.25, -0.2) is 9.36 Å². The molecule has 0 radical (unpaired) electrons. The second-order valence-corrected chi connectivity index (χ2v) is 6.73. The fourth-order valence-corrected chi connectivity index (χ4v) is 2.41. The highest BCUT2D eigenvalue weighted by molar-refractivity contribution is 7.46. The van der Waals surface area contributed by atoms with Gasteiger partial charge in [0.1, 0.15) is 17.9 Å². The van der Waals surface area contributed by atoms with Gasteiger partial charge in [0.2, 0.25) is 0 Å². The molecule has 0 aliphatic rings. The van der Waals surface area contributed by atoms with E-state index in [-0.39, 0.29) is 13.0 Å². The molecule has 2 atom stereocenters. The van der Waals surface area contributed by atoms with Crippen LogP contribution in [0.4, 0.5) is 0 Å². The predicted octanol–water partition coefficient (Wildman–Crippen LogP) is 0.916. The maximum Gasteiger partial charge on any atom is 0.469 e. The maximum absolute atomic E-state index is 11.2. The molecule has 0 aliphatic carbocycles. The summed E-state index contributed by atoms with van der Waals surface area (Å²) >= 11 is 0. The minimum absolute atomic E-state index is 0.168. The van der Waals surface area contributed by atoms with E-state index in [1.807, 2.05) is 0 Å². The molecule has 0 aliphatic heterocycles. The summed E-state index contributed by atoms with van der Waals surface area (Å²) in [6.07, 6.45) is 2.43. The summed E-state index contributed by atoms with van der Waals surface area (Å²) < 4.78 is 25.4. The molecule has 1 aromatic carbocycles. The molecule has 1 heterocycles. The third kappa shape index (κ3) is 6.72. The lowest BCUT2D eigenvalue weighted by Crippen LogP contribution is -2.38. The molecule has 0 fully saturated rings. The van der Waals surface area contributed by atoms with E-state index in [1.165, 1.54) is 6.07 Å². The maximum atomic E-state index is 11.2. The van der Waals surface area contributed by atoms with Crippen molar-refractivity contribution in [1.29, 1.82) is 0 Å². The quantitative estimate of drug-likeness (QED) is 0.280. The van der Waals surface area contributed by atoms with Gasteiger partial charge in [0.05, 0.1) is 18.8 Å². The smallest absolute Gasteiger partial charge is 0.469 e. The highest BCUT2D eigenvalue weighted by Crippen LogP contribution is 2.35. The van der Waals surface area contributed by atoms with Gasteiger partial charge in [-0.3, -0.25) is 4.52 Å². The Balaban J connectivity index is 1.78. The molecule has 0 amide bonds. The van der Waals surface area contributed by atoms with Gasteiger partial charge in [0, 0.05) is 17.5 Å². The summed E-state index contributed by atoms with van der Waals surface area (Å²) in [5, 5.41) is 10.6. The van der Waals surface area contributed by atoms with Gasteiger partial charge in [-0.05, 0) is 24.6 Å². The van der Waals surface area contributed by atoms with Gasteiger partial charge in [-0.2, -0.15) is 0 Å².